The highest BCUT2D eigenvalue weighted by atomic mass is 32.1. The molecule has 2 aromatic rings. The standard InChI is InChI=1S/C17H21N3O2S/c1-20(2)17(22)12-13-6-8-14(9-7-13)19-15(21)4-3-5-16-18-10-11-23-16/h6-11H,3-5,12H2,1-2H3,(H,19,21). The van der Waals surface area contributed by atoms with Gasteiger partial charge in [0.1, 0.15) is 0 Å². The van der Waals surface area contributed by atoms with Crippen LogP contribution in [0.2, 0.25) is 0 Å². The molecule has 0 radical (unpaired) electrons. The zero-order chi connectivity index (χ0) is 16.7. The van der Waals surface area contributed by atoms with Crippen molar-refractivity contribution in [2.24, 2.45) is 0 Å². The molecule has 1 aromatic carbocycles. The fraction of sp³-hybridized carbons (Fsp3) is 0.353. The molecule has 1 aromatic heterocycles. The summed E-state index contributed by atoms with van der Waals surface area (Å²) in [5, 5.41) is 5.88. The second-order valence-electron chi connectivity index (χ2n) is 5.49. The van der Waals surface area contributed by atoms with Crippen LogP contribution in [0, 0.1) is 0 Å². The van der Waals surface area contributed by atoms with E-state index < -0.39 is 0 Å². The van der Waals surface area contributed by atoms with Crippen molar-refractivity contribution in [1.82, 2.24) is 9.88 Å². The highest BCUT2D eigenvalue weighted by Gasteiger charge is 2.07. The summed E-state index contributed by atoms with van der Waals surface area (Å²) in [5.74, 6) is 0.0580. The summed E-state index contributed by atoms with van der Waals surface area (Å²) in [7, 11) is 3.48. The number of thiazole rings is 1. The van der Waals surface area contributed by atoms with Gasteiger partial charge in [0.2, 0.25) is 11.8 Å². The Bertz CT molecular complexity index is 636. The Morgan fingerprint density at radius 3 is 2.57 bits per heavy atom. The zero-order valence-corrected chi connectivity index (χ0v) is 14.2. The Balaban J connectivity index is 1.76. The molecule has 0 atom stereocenters. The highest BCUT2D eigenvalue weighted by molar-refractivity contribution is 7.09. The van der Waals surface area contributed by atoms with Gasteiger partial charge in [-0.2, -0.15) is 0 Å². The van der Waals surface area contributed by atoms with Gasteiger partial charge in [0.05, 0.1) is 11.4 Å². The fourth-order valence-corrected chi connectivity index (χ4v) is 2.70. The summed E-state index contributed by atoms with van der Waals surface area (Å²) in [6, 6.07) is 7.40. The molecular weight excluding hydrogens is 310 g/mol. The molecule has 6 heteroatoms. The minimum absolute atomic E-state index is 0.00123. The van der Waals surface area contributed by atoms with Gasteiger partial charge in [0, 0.05) is 37.8 Å². The number of aryl methyl sites for hydroxylation is 1. The molecule has 0 unspecified atom stereocenters. The van der Waals surface area contributed by atoms with Gasteiger partial charge in [0.15, 0.2) is 0 Å². The first-order valence-electron chi connectivity index (χ1n) is 7.52. The molecule has 5 nitrogen and oxygen atoms in total. The van der Waals surface area contributed by atoms with Crippen molar-refractivity contribution in [3.8, 4) is 0 Å². The summed E-state index contributed by atoms with van der Waals surface area (Å²) in [6.07, 6.45) is 4.24. The van der Waals surface area contributed by atoms with Crippen molar-refractivity contribution < 1.29 is 9.59 Å². The van der Waals surface area contributed by atoms with Crippen molar-refractivity contribution in [3.05, 3.63) is 46.4 Å². The fourth-order valence-electron chi connectivity index (χ4n) is 2.04. The molecule has 0 fully saturated rings. The van der Waals surface area contributed by atoms with Crippen LogP contribution in [0.5, 0.6) is 0 Å². The molecule has 23 heavy (non-hydrogen) atoms. The van der Waals surface area contributed by atoms with Gasteiger partial charge in [-0.1, -0.05) is 12.1 Å². The second-order valence-corrected chi connectivity index (χ2v) is 6.47. The number of aromatic nitrogens is 1. The third-order valence-corrected chi connectivity index (χ3v) is 4.21. The maximum atomic E-state index is 11.9. The van der Waals surface area contributed by atoms with Crippen LogP contribution in [0.15, 0.2) is 35.8 Å². The molecule has 0 saturated heterocycles. The van der Waals surface area contributed by atoms with E-state index in [1.165, 1.54) is 0 Å². The van der Waals surface area contributed by atoms with Gasteiger partial charge in [-0.05, 0) is 30.5 Å². The summed E-state index contributed by atoms with van der Waals surface area (Å²) >= 11 is 1.61. The molecule has 122 valence electrons. The number of rotatable bonds is 7. The van der Waals surface area contributed by atoms with Crippen LogP contribution >= 0.6 is 11.3 Å². The Kier molecular flexibility index (Phi) is 6.29. The molecule has 0 aliphatic heterocycles. The lowest BCUT2D eigenvalue weighted by molar-refractivity contribution is -0.128. The van der Waals surface area contributed by atoms with Gasteiger partial charge < -0.3 is 10.2 Å². The first kappa shape index (κ1) is 17.1. The molecule has 0 aliphatic rings. The molecule has 1 heterocycles. The number of carbonyl (C=O) groups is 2. The Morgan fingerprint density at radius 1 is 1.22 bits per heavy atom. The van der Waals surface area contributed by atoms with Crippen molar-refractivity contribution in [2.75, 3.05) is 19.4 Å². The Labute approximate surface area is 140 Å². The predicted octanol–water partition coefficient (Wildman–Crippen LogP) is 2.74. The maximum Gasteiger partial charge on any atom is 0.226 e. The number of likely N-dealkylation sites (N-methyl/N-ethyl adjacent to an activating group) is 1. The Hall–Kier alpha value is -2.21. The SMILES string of the molecule is CN(C)C(=O)Cc1ccc(NC(=O)CCCc2nccs2)cc1. The van der Waals surface area contributed by atoms with E-state index >= 15 is 0 Å². The second kappa shape index (κ2) is 8.43. The average molecular weight is 331 g/mol. The van der Waals surface area contributed by atoms with Crippen LogP contribution < -0.4 is 5.32 Å². The van der Waals surface area contributed by atoms with Gasteiger partial charge in [-0.3, -0.25) is 9.59 Å². The van der Waals surface area contributed by atoms with Crippen LogP contribution in [0.25, 0.3) is 0 Å². The third kappa shape index (κ3) is 5.83. The normalized spacial score (nSPS) is 10.3. The van der Waals surface area contributed by atoms with Crippen LogP contribution in [-0.4, -0.2) is 35.8 Å². The minimum Gasteiger partial charge on any atom is -0.349 e. The van der Waals surface area contributed by atoms with Crippen molar-refractivity contribution in [3.63, 3.8) is 0 Å². The number of hydrogen-bond acceptors (Lipinski definition) is 4. The van der Waals surface area contributed by atoms with Crippen molar-refractivity contribution >= 4 is 28.8 Å². The molecule has 0 spiro atoms. The zero-order valence-electron chi connectivity index (χ0n) is 13.4. The summed E-state index contributed by atoms with van der Waals surface area (Å²) in [5.41, 5.74) is 1.69. The molecule has 2 amide bonds. The van der Waals surface area contributed by atoms with Gasteiger partial charge >= 0.3 is 0 Å². The van der Waals surface area contributed by atoms with E-state index in [0.29, 0.717) is 12.8 Å². The Morgan fingerprint density at radius 2 is 1.96 bits per heavy atom. The molecule has 0 bridgehead atoms. The molecule has 0 saturated carbocycles. The van der Waals surface area contributed by atoms with Crippen molar-refractivity contribution in [2.45, 2.75) is 25.7 Å². The lowest BCUT2D eigenvalue weighted by Crippen LogP contribution is -2.23. The first-order chi connectivity index (χ1) is 11.0. The van der Waals surface area contributed by atoms with E-state index in [1.54, 1.807) is 36.5 Å². The third-order valence-electron chi connectivity index (χ3n) is 3.37. The number of benzene rings is 1. The van der Waals surface area contributed by atoms with Crippen LogP contribution in [-0.2, 0) is 22.4 Å². The highest BCUT2D eigenvalue weighted by Crippen LogP contribution is 2.12. The molecular formula is C17H21N3O2S. The van der Waals surface area contributed by atoms with E-state index in [2.05, 4.69) is 10.3 Å². The van der Waals surface area contributed by atoms with Crippen LogP contribution in [0.4, 0.5) is 5.69 Å². The minimum atomic E-state index is -0.00123. The number of nitrogens with one attached hydrogen (secondary N) is 1. The molecule has 1 N–H and O–H groups in total. The number of anilines is 1. The summed E-state index contributed by atoms with van der Waals surface area (Å²) in [6.45, 7) is 0. The van der Waals surface area contributed by atoms with Gasteiger partial charge in [-0.25, -0.2) is 4.98 Å². The van der Waals surface area contributed by atoms with E-state index in [9.17, 15) is 9.59 Å². The lowest BCUT2D eigenvalue weighted by Gasteiger charge is -2.10. The van der Waals surface area contributed by atoms with Gasteiger partial charge in [0.25, 0.3) is 0 Å². The monoisotopic (exact) mass is 331 g/mol. The van der Waals surface area contributed by atoms with Crippen LogP contribution in [0.1, 0.15) is 23.4 Å². The van der Waals surface area contributed by atoms with E-state index in [-0.39, 0.29) is 11.8 Å². The molecule has 0 aliphatic carbocycles. The van der Waals surface area contributed by atoms with E-state index in [0.717, 1.165) is 29.1 Å². The molecule has 2 rings (SSSR count). The lowest BCUT2D eigenvalue weighted by atomic mass is 10.1. The quantitative estimate of drug-likeness (QED) is 0.848. The number of nitrogens with zero attached hydrogens (tertiary/aromatic N) is 2. The van der Waals surface area contributed by atoms with Gasteiger partial charge in [-0.15, -0.1) is 11.3 Å². The van der Waals surface area contributed by atoms with Crippen molar-refractivity contribution in [1.29, 1.82) is 0 Å². The largest absolute Gasteiger partial charge is 0.349 e. The summed E-state index contributed by atoms with van der Waals surface area (Å²) in [4.78, 5) is 29.3. The van der Waals surface area contributed by atoms with E-state index in [4.69, 9.17) is 0 Å². The van der Waals surface area contributed by atoms with E-state index in [1.807, 2.05) is 29.6 Å². The first-order valence-corrected chi connectivity index (χ1v) is 8.40. The maximum absolute atomic E-state index is 11.9. The number of hydrogen-bond donors (Lipinski definition) is 1. The number of amides is 2. The smallest absolute Gasteiger partial charge is 0.226 e. The van der Waals surface area contributed by atoms with Crippen LogP contribution in [0.3, 0.4) is 0 Å². The number of carbonyl (C=O) groups excluding carboxylic acids is 2. The summed E-state index contributed by atoms with van der Waals surface area (Å²) < 4.78 is 0. The topological polar surface area (TPSA) is 62.3 Å². The predicted molar refractivity (Wildman–Crippen MR) is 92.5 cm³/mol. The average Bonchev–Trinajstić information content (AvgIpc) is 3.02.